The third-order valence-electron chi connectivity index (χ3n) is 2.55. The van der Waals surface area contributed by atoms with E-state index in [0.29, 0.717) is 11.3 Å². The lowest BCUT2D eigenvalue weighted by Gasteiger charge is -2.11. The van der Waals surface area contributed by atoms with Crippen LogP contribution in [0.5, 0.6) is 11.5 Å². The summed E-state index contributed by atoms with van der Waals surface area (Å²) >= 11 is 6.68. The highest BCUT2D eigenvalue weighted by molar-refractivity contribution is 9.11. The van der Waals surface area contributed by atoms with Crippen molar-refractivity contribution in [3.8, 4) is 11.5 Å². The van der Waals surface area contributed by atoms with Gasteiger partial charge in [-0.15, -0.1) is 0 Å². The molecule has 2 aromatic carbocycles. The fourth-order valence-electron chi connectivity index (χ4n) is 1.54. The zero-order valence-electron chi connectivity index (χ0n) is 10.0. The van der Waals surface area contributed by atoms with Crippen LogP contribution in [0.25, 0.3) is 0 Å². The average Bonchev–Trinajstić information content (AvgIpc) is 2.34. The van der Waals surface area contributed by atoms with Gasteiger partial charge < -0.3 is 9.84 Å². The Morgan fingerprint density at radius 2 is 1.79 bits per heavy atom. The second kappa shape index (κ2) is 6.03. The lowest BCUT2D eigenvalue weighted by atomic mass is 10.1. The Morgan fingerprint density at radius 3 is 2.37 bits per heavy atom. The second-order valence-corrected chi connectivity index (χ2v) is 5.81. The maximum atomic E-state index is 13.8. The van der Waals surface area contributed by atoms with Crippen molar-refractivity contribution >= 4 is 31.9 Å². The van der Waals surface area contributed by atoms with E-state index in [1.165, 1.54) is 12.1 Å². The van der Waals surface area contributed by atoms with Gasteiger partial charge in [-0.3, -0.25) is 0 Å². The first-order valence-electron chi connectivity index (χ1n) is 5.58. The molecule has 100 valence electrons. The van der Waals surface area contributed by atoms with Crippen LogP contribution in [-0.2, 0) is 0 Å². The number of rotatable bonds is 3. The number of aliphatic hydroxyl groups excluding tert-OH is 1. The summed E-state index contributed by atoms with van der Waals surface area (Å²) in [5.41, 5.74) is 0.514. The third kappa shape index (κ3) is 3.55. The summed E-state index contributed by atoms with van der Waals surface area (Å²) in [6.45, 7) is 1.58. The summed E-state index contributed by atoms with van der Waals surface area (Å²) in [5.74, 6) is 0.132. The summed E-state index contributed by atoms with van der Waals surface area (Å²) in [7, 11) is 0. The first-order chi connectivity index (χ1) is 8.97. The van der Waals surface area contributed by atoms with E-state index in [0.717, 1.165) is 8.95 Å². The van der Waals surface area contributed by atoms with Crippen molar-refractivity contribution in [3.63, 3.8) is 0 Å². The highest BCUT2D eigenvalue weighted by atomic mass is 79.9. The molecule has 0 saturated carbocycles. The Kier molecular flexibility index (Phi) is 4.60. The Labute approximate surface area is 127 Å². The van der Waals surface area contributed by atoms with Crippen LogP contribution in [0.4, 0.5) is 4.39 Å². The van der Waals surface area contributed by atoms with Crippen molar-refractivity contribution in [1.82, 2.24) is 0 Å². The predicted molar refractivity (Wildman–Crippen MR) is 78.9 cm³/mol. The maximum Gasteiger partial charge on any atom is 0.166 e. The molecule has 0 heterocycles. The van der Waals surface area contributed by atoms with Crippen molar-refractivity contribution in [2.75, 3.05) is 0 Å². The first kappa shape index (κ1) is 14.5. The molecule has 0 unspecified atom stereocenters. The van der Waals surface area contributed by atoms with Gasteiger partial charge in [0.1, 0.15) is 5.75 Å². The van der Waals surface area contributed by atoms with Crippen LogP contribution in [0.3, 0.4) is 0 Å². The van der Waals surface area contributed by atoms with Gasteiger partial charge in [-0.25, -0.2) is 4.39 Å². The lowest BCUT2D eigenvalue weighted by Crippen LogP contribution is -1.95. The fraction of sp³-hybridized carbons (Fsp3) is 0.143. The van der Waals surface area contributed by atoms with E-state index in [9.17, 15) is 9.50 Å². The van der Waals surface area contributed by atoms with E-state index >= 15 is 0 Å². The summed E-state index contributed by atoms with van der Waals surface area (Å²) in [6.07, 6.45) is -0.706. The molecule has 1 N–H and O–H groups in total. The zero-order chi connectivity index (χ0) is 14.0. The fourth-order valence-corrected chi connectivity index (χ4v) is 2.66. The van der Waals surface area contributed by atoms with Gasteiger partial charge in [-0.2, -0.15) is 0 Å². The van der Waals surface area contributed by atoms with Crippen LogP contribution >= 0.6 is 31.9 Å². The van der Waals surface area contributed by atoms with Gasteiger partial charge in [-0.05, 0) is 58.7 Å². The standard InChI is InChI=1S/C14H11Br2FO2/c1-8(18)9-2-4-14(12(17)6-9)19-13-5-3-10(15)7-11(13)16/h2-8,18H,1H3/t8-/m0/s1. The van der Waals surface area contributed by atoms with Crippen molar-refractivity contribution in [2.24, 2.45) is 0 Å². The van der Waals surface area contributed by atoms with Crippen molar-refractivity contribution < 1.29 is 14.2 Å². The summed E-state index contributed by atoms with van der Waals surface area (Å²) in [6, 6.07) is 9.77. The minimum atomic E-state index is -0.706. The van der Waals surface area contributed by atoms with Gasteiger partial charge in [0.15, 0.2) is 11.6 Å². The molecule has 0 amide bonds. The molecule has 0 saturated heterocycles. The number of aliphatic hydroxyl groups is 1. The third-order valence-corrected chi connectivity index (χ3v) is 3.67. The molecule has 0 spiro atoms. The van der Waals surface area contributed by atoms with Crippen molar-refractivity contribution in [2.45, 2.75) is 13.0 Å². The number of hydrogen-bond donors (Lipinski definition) is 1. The van der Waals surface area contributed by atoms with Crippen LogP contribution in [-0.4, -0.2) is 5.11 Å². The van der Waals surface area contributed by atoms with Gasteiger partial charge in [-0.1, -0.05) is 22.0 Å². The molecule has 0 aliphatic heterocycles. The maximum absolute atomic E-state index is 13.8. The molecule has 2 rings (SSSR count). The van der Waals surface area contributed by atoms with E-state index in [1.54, 1.807) is 19.1 Å². The van der Waals surface area contributed by atoms with Gasteiger partial charge in [0.25, 0.3) is 0 Å². The quantitative estimate of drug-likeness (QED) is 0.781. The van der Waals surface area contributed by atoms with E-state index in [1.807, 2.05) is 12.1 Å². The smallest absolute Gasteiger partial charge is 0.166 e. The van der Waals surface area contributed by atoms with Gasteiger partial charge in [0.2, 0.25) is 0 Å². The molecule has 2 nitrogen and oxygen atoms in total. The minimum absolute atomic E-state index is 0.118. The van der Waals surface area contributed by atoms with Gasteiger partial charge >= 0.3 is 0 Å². The topological polar surface area (TPSA) is 29.5 Å². The summed E-state index contributed by atoms with van der Waals surface area (Å²) in [4.78, 5) is 0. The summed E-state index contributed by atoms with van der Waals surface area (Å²) < 4.78 is 21.0. The molecule has 0 bridgehead atoms. The Balaban J connectivity index is 2.28. The van der Waals surface area contributed by atoms with E-state index in [4.69, 9.17) is 4.74 Å². The summed E-state index contributed by atoms with van der Waals surface area (Å²) in [5, 5.41) is 9.38. The van der Waals surface area contributed by atoms with Crippen molar-refractivity contribution in [3.05, 3.63) is 56.7 Å². The largest absolute Gasteiger partial charge is 0.453 e. The number of hydrogen-bond acceptors (Lipinski definition) is 2. The van der Waals surface area contributed by atoms with Crippen molar-refractivity contribution in [1.29, 1.82) is 0 Å². The SMILES string of the molecule is C[C@H](O)c1ccc(Oc2ccc(Br)cc2Br)c(F)c1. The molecule has 0 aliphatic carbocycles. The Hall–Kier alpha value is -0.910. The average molecular weight is 390 g/mol. The molecular weight excluding hydrogens is 379 g/mol. The Morgan fingerprint density at radius 1 is 1.11 bits per heavy atom. The van der Waals surface area contributed by atoms with Crippen LogP contribution in [0.15, 0.2) is 45.3 Å². The minimum Gasteiger partial charge on any atom is -0.453 e. The molecule has 19 heavy (non-hydrogen) atoms. The van der Waals surface area contributed by atoms with Crippen LogP contribution in [0, 0.1) is 5.82 Å². The monoisotopic (exact) mass is 388 g/mol. The van der Waals surface area contributed by atoms with Gasteiger partial charge in [0, 0.05) is 4.47 Å². The van der Waals surface area contributed by atoms with E-state index < -0.39 is 11.9 Å². The molecule has 2 aromatic rings. The molecular formula is C14H11Br2FO2. The molecule has 0 aliphatic rings. The highest BCUT2D eigenvalue weighted by Crippen LogP contribution is 2.33. The normalized spacial score (nSPS) is 12.3. The van der Waals surface area contributed by atoms with Crippen LogP contribution < -0.4 is 4.74 Å². The van der Waals surface area contributed by atoms with Crippen LogP contribution in [0.2, 0.25) is 0 Å². The number of halogens is 3. The lowest BCUT2D eigenvalue weighted by molar-refractivity contribution is 0.198. The molecule has 0 fully saturated rings. The number of benzene rings is 2. The van der Waals surface area contributed by atoms with E-state index in [-0.39, 0.29) is 5.75 Å². The number of ether oxygens (including phenoxy) is 1. The Bertz CT molecular complexity index is 600. The highest BCUT2D eigenvalue weighted by Gasteiger charge is 2.10. The van der Waals surface area contributed by atoms with Crippen LogP contribution in [0.1, 0.15) is 18.6 Å². The second-order valence-electron chi connectivity index (χ2n) is 4.04. The molecule has 0 aromatic heterocycles. The molecule has 1 atom stereocenters. The zero-order valence-corrected chi connectivity index (χ0v) is 13.2. The van der Waals surface area contributed by atoms with E-state index in [2.05, 4.69) is 31.9 Å². The predicted octanol–water partition coefficient (Wildman–Crippen LogP) is 5.20. The van der Waals surface area contributed by atoms with Gasteiger partial charge in [0.05, 0.1) is 10.6 Å². The molecule has 5 heteroatoms. The molecule has 0 radical (unpaired) electrons. The first-order valence-corrected chi connectivity index (χ1v) is 7.16.